The molecule has 2 amide bonds. The molecule has 0 spiro atoms. The zero-order valence-corrected chi connectivity index (χ0v) is 20.6. The summed E-state index contributed by atoms with van der Waals surface area (Å²) in [6, 6.07) is 5.12. The lowest BCUT2D eigenvalue weighted by molar-refractivity contribution is -0.352. The first-order valence-corrected chi connectivity index (χ1v) is 12.0. The molecule has 200 valence electrons. The van der Waals surface area contributed by atoms with Crippen molar-refractivity contribution in [1.29, 1.82) is 0 Å². The molecule has 2 fully saturated rings. The van der Waals surface area contributed by atoms with E-state index in [9.17, 15) is 27.2 Å². The molecule has 1 saturated heterocycles. The molecule has 2 aromatic rings. The van der Waals surface area contributed by atoms with Gasteiger partial charge in [0.15, 0.2) is 5.54 Å². The zero-order chi connectivity index (χ0) is 26.8. The molecule has 1 saturated carbocycles. The number of ether oxygens (including phenoxy) is 2. The first-order chi connectivity index (χ1) is 17.5. The number of benzene rings is 1. The van der Waals surface area contributed by atoms with E-state index in [1.165, 1.54) is 49.9 Å². The molecule has 1 aromatic carbocycles. The van der Waals surface area contributed by atoms with Crippen LogP contribution in [0.25, 0.3) is 0 Å². The molecule has 13 heteroatoms. The Morgan fingerprint density at radius 1 is 1.16 bits per heavy atom. The number of hydrogen-bond acceptors (Lipinski definition) is 6. The molecule has 1 unspecified atom stereocenters. The number of alkyl halides is 5. The van der Waals surface area contributed by atoms with Crippen LogP contribution in [0.3, 0.4) is 0 Å². The van der Waals surface area contributed by atoms with Crippen molar-refractivity contribution in [1.82, 2.24) is 15.3 Å². The second kappa shape index (κ2) is 10.5. The van der Waals surface area contributed by atoms with Crippen molar-refractivity contribution in [2.24, 2.45) is 0 Å². The molecular formula is C24H25ClF4N4O4. The number of carbonyl (C=O) groups is 2. The first kappa shape index (κ1) is 27.2. The maximum Gasteiger partial charge on any atom is 0.523 e. The van der Waals surface area contributed by atoms with E-state index in [1.807, 2.05) is 0 Å². The number of carbonyl (C=O) groups excluding carboxylic acids is 2. The van der Waals surface area contributed by atoms with E-state index in [1.54, 1.807) is 0 Å². The quantitative estimate of drug-likeness (QED) is 0.398. The Kier molecular flexibility index (Phi) is 7.72. The molecule has 1 aromatic heterocycles. The summed E-state index contributed by atoms with van der Waals surface area (Å²) in [5.74, 6) is -1.88. The Bertz CT molecular complexity index is 1110. The van der Waals surface area contributed by atoms with Gasteiger partial charge in [0.25, 0.3) is 17.4 Å². The third-order valence-corrected chi connectivity index (χ3v) is 6.83. The minimum atomic E-state index is -4.83. The summed E-state index contributed by atoms with van der Waals surface area (Å²) in [6.07, 6.45) is 0.454. The van der Waals surface area contributed by atoms with Gasteiger partial charge < -0.3 is 10.1 Å². The van der Waals surface area contributed by atoms with Gasteiger partial charge in [-0.3, -0.25) is 19.2 Å². The van der Waals surface area contributed by atoms with E-state index >= 15 is 0 Å². The average molecular weight is 545 g/mol. The smallest absolute Gasteiger partial charge is 0.381 e. The van der Waals surface area contributed by atoms with Crippen molar-refractivity contribution < 1.29 is 36.6 Å². The minimum Gasteiger partial charge on any atom is -0.381 e. The summed E-state index contributed by atoms with van der Waals surface area (Å²) in [6.45, 7) is 2.28. The van der Waals surface area contributed by atoms with Crippen LogP contribution < -0.4 is 10.2 Å². The van der Waals surface area contributed by atoms with Crippen molar-refractivity contribution in [2.45, 2.75) is 61.8 Å². The van der Waals surface area contributed by atoms with E-state index in [0.717, 1.165) is 4.90 Å². The van der Waals surface area contributed by atoms with Crippen LogP contribution >= 0.6 is 11.6 Å². The van der Waals surface area contributed by atoms with Gasteiger partial charge in [-0.25, -0.2) is 14.4 Å². The standard InChI is InChI=1S/C24H25ClF4N4O4/c1-22(16-12-30-14-31-13-16,21(35)32-17-6-10-36-11-7-17)33(20(34)19(25)26)18-4-2-15(3-5-18)23(8-9-23)37-24(27,28)29/h2-5,12-14,17,19H,6-11H2,1H3,(H,32,35)/t19-,22?/m0/s1. The molecule has 1 aliphatic heterocycles. The number of nitrogens with zero attached hydrogens (tertiary/aromatic N) is 3. The van der Waals surface area contributed by atoms with Crippen LogP contribution in [0.5, 0.6) is 0 Å². The van der Waals surface area contributed by atoms with E-state index < -0.39 is 34.9 Å². The normalized spacial score (nSPS) is 19.9. The maximum atomic E-state index is 14.3. The van der Waals surface area contributed by atoms with Crippen LogP contribution in [-0.4, -0.2) is 53.0 Å². The van der Waals surface area contributed by atoms with Crippen LogP contribution in [0.15, 0.2) is 43.0 Å². The molecule has 2 aliphatic rings. The predicted molar refractivity (Wildman–Crippen MR) is 124 cm³/mol. The summed E-state index contributed by atoms with van der Waals surface area (Å²) in [5, 5.41) is 2.89. The number of aromatic nitrogens is 2. The number of amides is 2. The largest absolute Gasteiger partial charge is 0.523 e. The number of nitrogens with one attached hydrogen (secondary N) is 1. The molecule has 8 nitrogen and oxygen atoms in total. The van der Waals surface area contributed by atoms with Crippen molar-refractivity contribution in [2.75, 3.05) is 18.1 Å². The van der Waals surface area contributed by atoms with Crippen LogP contribution in [0.2, 0.25) is 0 Å². The summed E-state index contributed by atoms with van der Waals surface area (Å²) in [5.41, 5.74) is -5.45. The molecule has 0 radical (unpaired) electrons. The van der Waals surface area contributed by atoms with Gasteiger partial charge >= 0.3 is 6.36 Å². The molecule has 0 bridgehead atoms. The summed E-state index contributed by atoms with van der Waals surface area (Å²) >= 11 is 5.57. The third-order valence-electron chi connectivity index (χ3n) is 6.64. The monoisotopic (exact) mass is 544 g/mol. The van der Waals surface area contributed by atoms with Gasteiger partial charge in [0.05, 0.1) is 0 Å². The highest BCUT2D eigenvalue weighted by molar-refractivity contribution is 6.32. The Hall–Kier alpha value is -2.83. The molecule has 1 aliphatic carbocycles. The van der Waals surface area contributed by atoms with Crippen LogP contribution in [-0.2, 0) is 30.2 Å². The summed E-state index contributed by atoms with van der Waals surface area (Å²) in [7, 11) is 0. The topological polar surface area (TPSA) is 93.6 Å². The number of rotatable bonds is 8. The Balaban J connectivity index is 1.75. The van der Waals surface area contributed by atoms with E-state index in [0.29, 0.717) is 26.1 Å². The Morgan fingerprint density at radius 3 is 2.27 bits per heavy atom. The molecule has 1 N–H and O–H groups in total. The zero-order valence-electron chi connectivity index (χ0n) is 19.8. The molecule has 37 heavy (non-hydrogen) atoms. The van der Waals surface area contributed by atoms with Crippen molar-refractivity contribution >= 4 is 29.1 Å². The van der Waals surface area contributed by atoms with Gasteiger partial charge in [0.2, 0.25) is 0 Å². The lowest BCUT2D eigenvalue weighted by Crippen LogP contribution is -2.60. The molecule has 2 atom stereocenters. The maximum absolute atomic E-state index is 14.3. The molecule has 2 heterocycles. The highest BCUT2D eigenvalue weighted by Crippen LogP contribution is 2.52. The van der Waals surface area contributed by atoms with E-state index in [2.05, 4.69) is 20.0 Å². The van der Waals surface area contributed by atoms with E-state index in [4.69, 9.17) is 16.3 Å². The Labute approximate surface area is 215 Å². The van der Waals surface area contributed by atoms with Crippen LogP contribution in [0.1, 0.15) is 43.7 Å². The third kappa shape index (κ3) is 5.86. The second-order valence-corrected chi connectivity index (χ2v) is 9.51. The lowest BCUT2D eigenvalue weighted by Gasteiger charge is -2.41. The highest BCUT2D eigenvalue weighted by atomic mass is 35.5. The predicted octanol–water partition coefficient (Wildman–Crippen LogP) is 4.08. The van der Waals surface area contributed by atoms with Gasteiger partial charge in [0.1, 0.15) is 11.9 Å². The summed E-state index contributed by atoms with van der Waals surface area (Å²) < 4.78 is 62.7. The molecule has 4 rings (SSSR count). The first-order valence-electron chi connectivity index (χ1n) is 11.6. The minimum absolute atomic E-state index is 0.0355. The number of anilines is 1. The average Bonchev–Trinajstić information content (AvgIpc) is 3.64. The van der Waals surface area contributed by atoms with Crippen molar-refractivity contribution in [3.8, 4) is 0 Å². The van der Waals surface area contributed by atoms with Gasteiger partial charge in [-0.1, -0.05) is 23.7 Å². The number of halogens is 5. The summed E-state index contributed by atoms with van der Waals surface area (Å²) in [4.78, 5) is 35.7. The van der Waals surface area contributed by atoms with Gasteiger partial charge in [-0.15, -0.1) is 13.2 Å². The lowest BCUT2D eigenvalue weighted by atomic mass is 9.89. The van der Waals surface area contributed by atoms with Gasteiger partial charge in [-0.2, -0.15) is 0 Å². The SMILES string of the molecule is CC(C(=O)NC1CCOCC1)(c1cncnc1)N(C(=O)[C@H](F)Cl)c1ccc(C2(OC(F)(F)F)CC2)cc1. The van der Waals surface area contributed by atoms with E-state index in [-0.39, 0.29) is 35.7 Å². The highest BCUT2D eigenvalue weighted by Gasteiger charge is 2.54. The fourth-order valence-electron chi connectivity index (χ4n) is 4.48. The van der Waals surface area contributed by atoms with Crippen LogP contribution in [0, 0.1) is 0 Å². The van der Waals surface area contributed by atoms with Crippen LogP contribution in [0.4, 0.5) is 23.2 Å². The second-order valence-electron chi connectivity index (χ2n) is 9.12. The van der Waals surface area contributed by atoms with Gasteiger partial charge in [0, 0.05) is 42.9 Å². The molecular weight excluding hydrogens is 520 g/mol. The van der Waals surface area contributed by atoms with Crippen molar-refractivity contribution in [3.63, 3.8) is 0 Å². The fourth-order valence-corrected chi connectivity index (χ4v) is 4.58. The fraction of sp³-hybridized carbons (Fsp3) is 0.500. The Morgan fingerprint density at radius 2 is 1.76 bits per heavy atom. The number of hydrogen-bond donors (Lipinski definition) is 1. The van der Waals surface area contributed by atoms with Gasteiger partial charge in [-0.05, 0) is 50.3 Å². The van der Waals surface area contributed by atoms with Crippen molar-refractivity contribution in [3.05, 3.63) is 54.1 Å².